The number of nitrogens with one attached hydrogen (secondary N) is 1. The first-order valence-electron chi connectivity index (χ1n) is 8.33. The van der Waals surface area contributed by atoms with Crippen molar-refractivity contribution >= 4 is 15.7 Å². The summed E-state index contributed by atoms with van der Waals surface area (Å²) in [5.41, 5.74) is 0.586. The molecule has 1 amide bonds. The number of amides is 1. The topological polar surface area (TPSA) is 115 Å². The van der Waals surface area contributed by atoms with Gasteiger partial charge in [0.25, 0.3) is 0 Å². The van der Waals surface area contributed by atoms with Crippen LogP contribution in [0.4, 0.5) is 0 Å². The molecule has 0 aliphatic carbocycles. The summed E-state index contributed by atoms with van der Waals surface area (Å²) in [7, 11) is -3.41. The summed E-state index contributed by atoms with van der Waals surface area (Å²) in [5, 5.41) is 6.43. The Morgan fingerprint density at radius 1 is 1.07 bits per heavy atom. The van der Waals surface area contributed by atoms with Gasteiger partial charge >= 0.3 is 0 Å². The normalized spacial score (nSPS) is 11.3. The zero-order valence-electron chi connectivity index (χ0n) is 14.4. The highest BCUT2D eigenvalue weighted by Crippen LogP contribution is 2.13. The van der Waals surface area contributed by atoms with Crippen LogP contribution in [0, 0.1) is 0 Å². The number of sulfone groups is 1. The van der Waals surface area contributed by atoms with Crippen molar-refractivity contribution in [3.8, 4) is 11.5 Å². The molecule has 0 spiro atoms. The average molecular weight is 386 g/mol. The van der Waals surface area contributed by atoms with E-state index in [0.29, 0.717) is 17.4 Å². The fraction of sp³-hybridized carbons (Fsp3) is 0.222. The maximum Gasteiger partial charge on any atom is 0.227 e. The number of benzene rings is 1. The van der Waals surface area contributed by atoms with Gasteiger partial charge < -0.3 is 9.84 Å². The van der Waals surface area contributed by atoms with Crippen LogP contribution in [0.5, 0.6) is 0 Å². The summed E-state index contributed by atoms with van der Waals surface area (Å²) < 4.78 is 29.4. The fourth-order valence-corrected chi connectivity index (χ4v) is 3.51. The lowest BCUT2D eigenvalue weighted by Gasteiger charge is -2.06. The molecule has 0 saturated carbocycles. The zero-order chi connectivity index (χ0) is 19.1. The molecule has 1 aromatic carbocycles. The summed E-state index contributed by atoms with van der Waals surface area (Å²) in [6.07, 6.45) is 2.01. The third kappa shape index (κ3) is 5.20. The number of pyridine rings is 1. The molecule has 3 aromatic rings. The predicted molar refractivity (Wildman–Crippen MR) is 97.4 cm³/mol. The van der Waals surface area contributed by atoms with Crippen molar-refractivity contribution in [1.29, 1.82) is 0 Å². The van der Waals surface area contributed by atoms with Crippen LogP contribution in [0.3, 0.4) is 0 Å². The highest BCUT2D eigenvalue weighted by Gasteiger charge is 2.15. The number of aryl methyl sites for hydroxylation is 1. The standard InChI is InChI=1S/C18H18N4O4S/c23-16(20-12-13-27(24,25)14-6-2-1-3-7-14)9-10-17-21-18(22-26-17)15-8-4-5-11-19-15/h1-8,11H,9-10,12-13H2,(H,20,23). The van der Waals surface area contributed by atoms with Gasteiger partial charge in [-0.3, -0.25) is 9.78 Å². The van der Waals surface area contributed by atoms with E-state index in [1.54, 1.807) is 36.5 Å². The lowest BCUT2D eigenvalue weighted by molar-refractivity contribution is -0.121. The second-order valence-corrected chi connectivity index (χ2v) is 7.82. The Bertz CT molecular complexity index is 988. The quantitative estimate of drug-likeness (QED) is 0.626. The summed E-state index contributed by atoms with van der Waals surface area (Å²) in [4.78, 5) is 20.5. The van der Waals surface area contributed by atoms with Gasteiger partial charge in [0.05, 0.1) is 10.6 Å². The van der Waals surface area contributed by atoms with E-state index in [1.165, 1.54) is 12.1 Å². The monoisotopic (exact) mass is 386 g/mol. The molecule has 0 fully saturated rings. The van der Waals surface area contributed by atoms with Gasteiger partial charge in [0, 0.05) is 25.6 Å². The first-order chi connectivity index (χ1) is 13.0. The van der Waals surface area contributed by atoms with Crippen molar-refractivity contribution in [2.45, 2.75) is 17.7 Å². The molecule has 0 bridgehead atoms. The molecule has 27 heavy (non-hydrogen) atoms. The predicted octanol–water partition coefficient (Wildman–Crippen LogP) is 1.65. The van der Waals surface area contributed by atoms with E-state index in [9.17, 15) is 13.2 Å². The minimum Gasteiger partial charge on any atom is -0.355 e. The maximum atomic E-state index is 12.1. The molecule has 140 valence electrons. The minimum atomic E-state index is -3.41. The van der Waals surface area contributed by atoms with Crippen molar-refractivity contribution in [3.63, 3.8) is 0 Å². The molecule has 0 atom stereocenters. The molecular formula is C18H18N4O4S. The zero-order valence-corrected chi connectivity index (χ0v) is 15.2. The van der Waals surface area contributed by atoms with Crippen LogP contribution < -0.4 is 5.32 Å². The summed E-state index contributed by atoms with van der Waals surface area (Å²) in [5.74, 6) is 0.242. The van der Waals surface area contributed by atoms with Gasteiger partial charge in [0.2, 0.25) is 17.6 Å². The number of hydrogen-bond acceptors (Lipinski definition) is 7. The van der Waals surface area contributed by atoms with E-state index in [-0.39, 0.29) is 35.9 Å². The van der Waals surface area contributed by atoms with E-state index < -0.39 is 9.84 Å². The number of carbonyl (C=O) groups excluding carboxylic acids is 1. The molecule has 3 rings (SSSR count). The van der Waals surface area contributed by atoms with Gasteiger partial charge in [-0.1, -0.05) is 29.4 Å². The third-order valence-corrected chi connectivity index (χ3v) is 5.46. The van der Waals surface area contributed by atoms with Crippen molar-refractivity contribution in [3.05, 3.63) is 60.6 Å². The number of carbonyl (C=O) groups is 1. The van der Waals surface area contributed by atoms with Crippen molar-refractivity contribution in [2.75, 3.05) is 12.3 Å². The number of rotatable bonds is 8. The summed E-state index contributed by atoms with van der Waals surface area (Å²) >= 11 is 0. The number of hydrogen-bond donors (Lipinski definition) is 1. The maximum absolute atomic E-state index is 12.1. The van der Waals surface area contributed by atoms with Crippen LogP contribution in [0.25, 0.3) is 11.5 Å². The summed E-state index contributed by atoms with van der Waals surface area (Å²) in [6.45, 7) is 0.0408. The Hall–Kier alpha value is -3.07. The van der Waals surface area contributed by atoms with Crippen LogP contribution in [-0.4, -0.2) is 41.7 Å². The van der Waals surface area contributed by atoms with Crippen LogP contribution in [-0.2, 0) is 21.1 Å². The van der Waals surface area contributed by atoms with E-state index in [4.69, 9.17) is 4.52 Å². The second kappa shape index (κ2) is 8.54. The lowest BCUT2D eigenvalue weighted by atomic mass is 10.3. The highest BCUT2D eigenvalue weighted by molar-refractivity contribution is 7.91. The average Bonchev–Trinajstić information content (AvgIpc) is 3.17. The summed E-state index contributed by atoms with van der Waals surface area (Å²) in [6, 6.07) is 13.5. The molecule has 0 saturated heterocycles. The first-order valence-corrected chi connectivity index (χ1v) is 9.98. The Morgan fingerprint density at radius 3 is 2.59 bits per heavy atom. The molecular weight excluding hydrogens is 368 g/mol. The second-order valence-electron chi connectivity index (χ2n) is 5.71. The number of nitrogens with zero attached hydrogens (tertiary/aromatic N) is 3. The van der Waals surface area contributed by atoms with Crippen molar-refractivity contribution < 1.29 is 17.7 Å². The number of aromatic nitrogens is 3. The molecule has 0 radical (unpaired) electrons. The Kier molecular flexibility index (Phi) is 5.92. The van der Waals surface area contributed by atoms with Gasteiger partial charge in [-0.15, -0.1) is 0 Å². The van der Waals surface area contributed by atoms with Crippen molar-refractivity contribution in [1.82, 2.24) is 20.4 Å². The van der Waals surface area contributed by atoms with Gasteiger partial charge in [0.1, 0.15) is 5.69 Å². The third-order valence-electron chi connectivity index (χ3n) is 3.72. The molecule has 9 heteroatoms. The smallest absolute Gasteiger partial charge is 0.227 e. The van der Waals surface area contributed by atoms with Gasteiger partial charge in [-0.2, -0.15) is 4.98 Å². The molecule has 8 nitrogen and oxygen atoms in total. The van der Waals surface area contributed by atoms with Crippen LogP contribution in [0.1, 0.15) is 12.3 Å². The first kappa shape index (κ1) is 18.7. The molecule has 0 aliphatic rings. The molecule has 0 aliphatic heterocycles. The Balaban J connectivity index is 1.45. The fourth-order valence-electron chi connectivity index (χ4n) is 2.33. The largest absolute Gasteiger partial charge is 0.355 e. The van der Waals surface area contributed by atoms with E-state index in [1.807, 2.05) is 6.07 Å². The molecule has 1 N–H and O–H groups in total. The Morgan fingerprint density at radius 2 is 1.85 bits per heavy atom. The van der Waals surface area contributed by atoms with Crippen LogP contribution in [0.2, 0.25) is 0 Å². The molecule has 2 heterocycles. The van der Waals surface area contributed by atoms with Gasteiger partial charge in [-0.25, -0.2) is 8.42 Å². The Labute approximate surface area is 156 Å². The van der Waals surface area contributed by atoms with E-state index in [2.05, 4.69) is 20.4 Å². The highest BCUT2D eigenvalue weighted by atomic mass is 32.2. The van der Waals surface area contributed by atoms with E-state index in [0.717, 1.165) is 0 Å². The van der Waals surface area contributed by atoms with E-state index >= 15 is 0 Å². The lowest BCUT2D eigenvalue weighted by Crippen LogP contribution is -2.29. The SMILES string of the molecule is O=C(CCc1nc(-c2ccccn2)no1)NCCS(=O)(=O)c1ccccc1. The van der Waals surface area contributed by atoms with Gasteiger partial charge in [-0.05, 0) is 24.3 Å². The minimum absolute atomic E-state index is 0.0408. The van der Waals surface area contributed by atoms with Crippen LogP contribution in [0.15, 0.2) is 64.1 Å². The molecule has 2 aromatic heterocycles. The van der Waals surface area contributed by atoms with Gasteiger partial charge in [0.15, 0.2) is 9.84 Å². The van der Waals surface area contributed by atoms with Crippen LogP contribution >= 0.6 is 0 Å². The van der Waals surface area contributed by atoms with Crippen molar-refractivity contribution in [2.24, 2.45) is 0 Å². The molecule has 0 unspecified atom stereocenters.